The Labute approximate surface area is 118 Å². The minimum absolute atomic E-state index is 0.00496. The highest BCUT2D eigenvalue weighted by Crippen LogP contribution is 2.17. The molecule has 110 valence electrons. The van der Waals surface area contributed by atoms with Gasteiger partial charge in [0.1, 0.15) is 6.04 Å². The maximum atomic E-state index is 12.0. The van der Waals surface area contributed by atoms with E-state index in [0.29, 0.717) is 0 Å². The van der Waals surface area contributed by atoms with Gasteiger partial charge in [0.05, 0.1) is 16.6 Å². The molecule has 0 aliphatic rings. The van der Waals surface area contributed by atoms with E-state index in [1.54, 1.807) is 0 Å². The zero-order chi connectivity index (χ0) is 15.7. The molecule has 1 amide bonds. The minimum Gasteiger partial charge on any atom is -0.478 e. The Morgan fingerprint density at radius 2 is 2.00 bits per heavy atom. The fourth-order valence-electron chi connectivity index (χ4n) is 2.15. The van der Waals surface area contributed by atoms with Crippen LogP contribution >= 0.6 is 0 Å². The van der Waals surface area contributed by atoms with Crippen LogP contribution in [-0.2, 0) is 4.79 Å². The summed E-state index contributed by atoms with van der Waals surface area (Å²) in [6.45, 7) is 1.45. The van der Waals surface area contributed by atoms with Crippen LogP contribution in [0.5, 0.6) is 0 Å². The summed E-state index contributed by atoms with van der Waals surface area (Å²) in [7, 11) is 1.40. The van der Waals surface area contributed by atoms with Crippen LogP contribution in [-0.4, -0.2) is 33.6 Å². The van der Waals surface area contributed by atoms with Crippen molar-refractivity contribution in [2.24, 2.45) is 0 Å². The summed E-state index contributed by atoms with van der Waals surface area (Å²) in [6, 6.07) is 3.27. The fraction of sp³-hybridized carbons (Fsp3) is 0.231. The summed E-state index contributed by atoms with van der Waals surface area (Å²) in [5, 5.41) is 11.5. The first-order valence-electron chi connectivity index (χ1n) is 6.11. The maximum absolute atomic E-state index is 12.0. The van der Waals surface area contributed by atoms with Gasteiger partial charge in [0.2, 0.25) is 5.91 Å². The second kappa shape index (κ2) is 5.23. The molecule has 0 aliphatic heterocycles. The summed E-state index contributed by atoms with van der Waals surface area (Å²) >= 11 is 0. The van der Waals surface area contributed by atoms with E-state index in [1.165, 1.54) is 32.2 Å². The number of carboxylic acids is 1. The number of nitrogens with one attached hydrogen (secondary N) is 2. The molecule has 21 heavy (non-hydrogen) atoms. The molecule has 0 aliphatic carbocycles. The Morgan fingerprint density at radius 1 is 1.33 bits per heavy atom. The lowest BCUT2D eigenvalue weighted by Gasteiger charge is -2.16. The zero-order valence-corrected chi connectivity index (χ0v) is 11.3. The van der Waals surface area contributed by atoms with Gasteiger partial charge in [-0.15, -0.1) is 0 Å². The summed E-state index contributed by atoms with van der Waals surface area (Å²) in [4.78, 5) is 48.9. The number of carbonyl (C=O) groups excluding carboxylic acids is 1. The van der Waals surface area contributed by atoms with E-state index in [1.807, 2.05) is 0 Å². The highest BCUT2D eigenvalue weighted by atomic mass is 16.4. The Kier molecular flexibility index (Phi) is 3.62. The Bertz CT molecular complexity index is 849. The molecular formula is C13H13N3O5. The lowest BCUT2D eigenvalue weighted by Crippen LogP contribution is -2.42. The van der Waals surface area contributed by atoms with Crippen molar-refractivity contribution in [3.63, 3.8) is 0 Å². The van der Waals surface area contributed by atoms with Crippen molar-refractivity contribution in [2.75, 3.05) is 7.05 Å². The molecule has 8 heteroatoms. The number of hydrogen-bond donors (Lipinski definition) is 3. The molecule has 2 rings (SSSR count). The van der Waals surface area contributed by atoms with Crippen molar-refractivity contribution < 1.29 is 14.7 Å². The quantitative estimate of drug-likeness (QED) is 0.670. The number of rotatable bonds is 3. The van der Waals surface area contributed by atoms with Gasteiger partial charge in [-0.25, -0.2) is 4.79 Å². The predicted octanol–water partition coefficient (Wildman–Crippen LogP) is -0.305. The van der Waals surface area contributed by atoms with Crippen molar-refractivity contribution in [3.05, 3.63) is 44.5 Å². The first-order chi connectivity index (χ1) is 9.88. The number of benzene rings is 1. The van der Waals surface area contributed by atoms with Crippen LogP contribution in [0.25, 0.3) is 11.0 Å². The first-order valence-corrected chi connectivity index (χ1v) is 6.11. The summed E-state index contributed by atoms with van der Waals surface area (Å²) in [5.41, 5.74) is -1.86. The van der Waals surface area contributed by atoms with Gasteiger partial charge in [0.25, 0.3) is 0 Å². The minimum atomic E-state index is -1.24. The van der Waals surface area contributed by atoms with E-state index >= 15 is 0 Å². The van der Waals surface area contributed by atoms with E-state index < -0.39 is 29.0 Å². The average Bonchev–Trinajstić information content (AvgIpc) is 2.46. The molecule has 1 unspecified atom stereocenters. The van der Waals surface area contributed by atoms with Gasteiger partial charge < -0.3 is 15.4 Å². The molecule has 0 spiro atoms. The Balaban J connectivity index is 2.94. The molecule has 0 saturated carbocycles. The van der Waals surface area contributed by atoms with Crippen molar-refractivity contribution in [2.45, 2.75) is 13.0 Å². The number of nitrogens with zero attached hydrogens (tertiary/aromatic N) is 1. The van der Waals surface area contributed by atoms with Gasteiger partial charge in [0.15, 0.2) is 0 Å². The standard InChI is InChI=1S/C13H13N3O5/c1-6(10(17)14-2)16-8-5-3-4-7(13(20)21)9(8)15-11(18)12(16)19/h3-6H,1-2H3,(H,14,17)(H,15,18)(H,20,21). The lowest BCUT2D eigenvalue weighted by atomic mass is 10.1. The molecule has 3 N–H and O–H groups in total. The summed E-state index contributed by atoms with van der Waals surface area (Å²) < 4.78 is 0.986. The second-order valence-electron chi connectivity index (χ2n) is 4.42. The molecule has 2 aromatic rings. The molecule has 1 heterocycles. The summed E-state index contributed by atoms with van der Waals surface area (Å²) in [5.74, 6) is -1.71. The number of H-pyrrole nitrogens is 1. The molecule has 1 aromatic heterocycles. The number of likely N-dealkylation sites (N-methyl/N-ethyl adjacent to an activating group) is 1. The van der Waals surface area contributed by atoms with Crippen molar-refractivity contribution in [1.82, 2.24) is 14.9 Å². The van der Waals surface area contributed by atoms with Crippen LogP contribution < -0.4 is 16.4 Å². The third kappa shape index (κ3) is 2.31. The smallest absolute Gasteiger partial charge is 0.337 e. The third-order valence-electron chi connectivity index (χ3n) is 3.20. The molecule has 0 saturated heterocycles. The monoisotopic (exact) mass is 291 g/mol. The number of carboxylic acid groups (broad SMARTS) is 1. The highest BCUT2D eigenvalue weighted by Gasteiger charge is 2.21. The van der Waals surface area contributed by atoms with Gasteiger partial charge in [-0.05, 0) is 19.1 Å². The van der Waals surface area contributed by atoms with Crippen LogP contribution in [0.2, 0.25) is 0 Å². The fourth-order valence-corrected chi connectivity index (χ4v) is 2.15. The SMILES string of the molecule is CNC(=O)C(C)n1c(=O)c(=O)[nH]c2c(C(=O)O)cccc21. The average molecular weight is 291 g/mol. The number of para-hydroxylation sites is 1. The van der Waals surface area contributed by atoms with E-state index in [4.69, 9.17) is 5.11 Å². The van der Waals surface area contributed by atoms with Gasteiger partial charge in [0, 0.05) is 7.05 Å². The number of aromatic nitrogens is 2. The van der Waals surface area contributed by atoms with Crippen molar-refractivity contribution in [3.8, 4) is 0 Å². The van der Waals surface area contributed by atoms with Crippen LogP contribution in [0.1, 0.15) is 23.3 Å². The molecule has 1 aromatic carbocycles. The van der Waals surface area contributed by atoms with Crippen LogP contribution in [0.3, 0.4) is 0 Å². The van der Waals surface area contributed by atoms with Gasteiger partial charge in [-0.1, -0.05) is 6.07 Å². The van der Waals surface area contributed by atoms with Crippen LogP contribution in [0.4, 0.5) is 0 Å². The van der Waals surface area contributed by atoms with Crippen molar-refractivity contribution >= 4 is 22.9 Å². The van der Waals surface area contributed by atoms with Crippen LogP contribution in [0, 0.1) is 0 Å². The maximum Gasteiger partial charge on any atom is 0.337 e. The van der Waals surface area contributed by atoms with Gasteiger partial charge in [-0.3, -0.25) is 19.0 Å². The molecule has 8 nitrogen and oxygen atoms in total. The lowest BCUT2D eigenvalue weighted by molar-refractivity contribution is -0.123. The largest absolute Gasteiger partial charge is 0.478 e. The van der Waals surface area contributed by atoms with E-state index in [2.05, 4.69) is 10.3 Å². The molecule has 0 bridgehead atoms. The number of fused-ring (bicyclic) bond motifs is 1. The summed E-state index contributed by atoms with van der Waals surface area (Å²) in [6.07, 6.45) is 0. The van der Waals surface area contributed by atoms with E-state index in [-0.39, 0.29) is 16.6 Å². The Hall–Kier alpha value is -2.90. The number of aromatic carboxylic acids is 1. The van der Waals surface area contributed by atoms with Crippen LogP contribution in [0.15, 0.2) is 27.8 Å². The van der Waals surface area contributed by atoms with Gasteiger partial charge in [-0.2, -0.15) is 0 Å². The second-order valence-corrected chi connectivity index (χ2v) is 4.42. The number of carbonyl (C=O) groups is 2. The Morgan fingerprint density at radius 3 is 2.57 bits per heavy atom. The predicted molar refractivity (Wildman–Crippen MR) is 74.6 cm³/mol. The molecule has 0 fully saturated rings. The molecular weight excluding hydrogens is 278 g/mol. The third-order valence-corrected chi connectivity index (χ3v) is 3.20. The zero-order valence-electron chi connectivity index (χ0n) is 11.3. The van der Waals surface area contributed by atoms with Gasteiger partial charge >= 0.3 is 17.1 Å². The van der Waals surface area contributed by atoms with Crippen molar-refractivity contribution in [1.29, 1.82) is 0 Å². The van der Waals surface area contributed by atoms with E-state index in [9.17, 15) is 19.2 Å². The molecule has 0 radical (unpaired) electrons. The topological polar surface area (TPSA) is 121 Å². The number of amides is 1. The van der Waals surface area contributed by atoms with E-state index in [0.717, 1.165) is 4.57 Å². The number of hydrogen-bond acceptors (Lipinski definition) is 4. The highest BCUT2D eigenvalue weighted by molar-refractivity contribution is 6.01. The molecule has 1 atom stereocenters. The normalized spacial score (nSPS) is 12.1. The first kappa shape index (κ1) is 14.5. The number of aromatic amines is 1.